The zero-order valence-electron chi connectivity index (χ0n) is 6.69. The molecule has 1 aliphatic rings. The van der Waals surface area contributed by atoms with Gasteiger partial charge >= 0.3 is 0 Å². The maximum absolute atomic E-state index is 9.69. The zero-order valence-corrected chi connectivity index (χ0v) is 6.69. The molecule has 1 atom stereocenters. The lowest BCUT2D eigenvalue weighted by Gasteiger charge is -2.18. The molecule has 68 valence electrons. The fourth-order valence-electron chi connectivity index (χ4n) is 0.981. The predicted molar refractivity (Wildman–Crippen MR) is 38.7 cm³/mol. The molecule has 0 aliphatic carbocycles. The van der Waals surface area contributed by atoms with Gasteiger partial charge in [-0.05, 0) is 12.8 Å². The molecule has 5 nitrogen and oxygen atoms in total. The SMILES string of the molecule is O=C=NCCCC1CCOOO1. The Balaban J connectivity index is 2.01. The molecule has 5 heteroatoms. The molecule has 0 spiro atoms. The molecular weight excluding hydrogens is 162 g/mol. The average Bonchev–Trinajstić information content (AvgIpc) is 2.14. The van der Waals surface area contributed by atoms with E-state index in [-0.39, 0.29) is 6.10 Å². The van der Waals surface area contributed by atoms with Crippen LogP contribution in [0.2, 0.25) is 0 Å². The van der Waals surface area contributed by atoms with Gasteiger partial charge in [0.1, 0.15) is 0 Å². The van der Waals surface area contributed by atoms with E-state index in [0.29, 0.717) is 13.2 Å². The monoisotopic (exact) mass is 173 g/mol. The average molecular weight is 173 g/mol. The van der Waals surface area contributed by atoms with E-state index in [9.17, 15) is 4.79 Å². The minimum Gasteiger partial charge on any atom is -0.211 e. The zero-order chi connectivity index (χ0) is 8.65. The number of hydrogen-bond acceptors (Lipinski definition) is 5. The van der Waals surface area contributed by atoms with Crippen molar-refractivity contribution in [1.29, 1.82) is 0 Å². The summed E-state index contributed by atoms with van der Waals surface area (Å²) in [6.45, 7) is 1.06. The molecular formula is C7H11NO4. The Morgan fingerprint density at radius 3 is 3.17 bits per heavy atom. The summed E-state index contributed by atoms with van der Waals surface area (Å²) in [7, 11) is 0. The molecule has 1 rings (SSSR count). The van der Waals surface area contributed by atoms with Crippen molar-refractivity contribution in [3.05, 3.63) is 0 Å². The van der Waals surface area contributed by atoms with Crippen molar-refractivity contribution in [2.45, 2.75) is 25.4 Å². The molecule has 0 radical (unpaired) electrons. The Bertz CT molecular complexity index is 161. The molecule has 1 aliphatic heterocycles. The minimum atomic E-state index is 0.0700. The first-order chi connectivity index (χ1) is 5.93. The van der Waals surface area contributed by atoms with Gasteiger partial charge in [0.15, 0.2) is 0 Å². The lowest BCUT2D eigenvalue weighted by atomic mass is 10.1. The van der Waals surface area contributed by atoms with Crippen LogP contribution in [-0.2, 0) is 19.6 Å². The van der Waals surface area contributed by atoms with Crippen LogP contribution in [0.25, 0.3) is 0 Å². The molecule has 0 amide bonds. The number of aliphatic imine (C=N–C) groups is 1. The number of nitrogens with zero attached hydrogens (tertiary/aromatic N) is 1. The van der Waals surface area contributed by atoms with Gasteiger partial charge in [-0.1, -0.05) is 5.04 Å². The van der Waals surface area contributed by atoms with Crippen LogP contribution in [0.5, 0.6) is 0 Å². The molecule has 0 aromatic carbocycles. The van der Waals surface area contributed by atoms with E-state index in [4.69, 9.17) is 4.89 Å². The van der Waals surface area contributed by atoms with E-state index in [0.717, 1.165) is 19.3 Å². The van der Waals surface area contributed by atoms with Gasteiger partial charge in [0.25, 0.3) is 0 Å². The minimum absolute atomic E-state index is 0.0700. The van der Waals surface area contributed by atoms with Crippen LogP contribution in [0, 0.1) is 0 Å². The van der Waals surface area contributed by atoms with Crippen molar-refractivity contribution in [1.82, 2.24) is 0 Å². The van der Waals surface area contributed by atoms with Gasteiger partial charge in [-0.3, -0.25) is 0 Å². The Morgan fingerprint density at radius 1 is 1.58 bits per heavy atom. The second-order valence-corrected chi connectivity index (χ2v) is 2.51. The lowest BCUT2D eigenvalue weighted by molar-refractivity contribution is -0.549. The first-order valence-electron chi connectivity index (χ1n) is 3.92. The van der Waals surface area contributed by atoms with Gasteiger partial charge in [0.2, 0.25) is 6.08 Å². The molecule has 12 heavy (non-hydrogen) atoms. The van der Waals surface area contributed by atoms with Crippen LogP contribution in [0.1, 0.15) is 19.3 Å². The van der Waals surface area contributed by atoms with Crippen LogP contribution in [0.3, 0.4) is 0 Å². The summed E-state index contributed by atoms with van der Waals surface area (Å²) in [4.78, 5) is 22.4. The number of hydrogen-bond donors (Lipinski definition) is 0. The summed E-state index contributed by atoms with van der Waals surface area (Å²) < 4.78 is 0. The van der Waals surface area contributed by atoms with E-state index in [1.165, 1.54) is 6.08 Å². The van der Waals surface area contributed by atoms with Gasteiger partial charge in [-0.15, -0.1) is 0 Å². The van der Waals surface area contributed by atoms with Gasteiger partial charge in [-0.2, -0.15) is 0 Å². The molecule has 1 fully saturated rings. The molecule has 1 unspecified atom stereocenters. The van der Waals surface area contributed by atoms with E-state index in [2.05, 4.69) is 14.9 Å². The third-order valence-electron chi connectivity index (χ3n) is 1.61. The second-order valence-electron chi connectivity index (χ2n) is 2.51. The maximum Gasteiger partial charge on any atom is 0.234 e. The van der Waals surface area contributed by atoms with Crippen molar-refractivity contribution in [3.8, 4) is 0 Å². The lowest BCUT2D eigenvalue weighted by Crippen LogP contribution is -2.22. The summed E-state index contributed by atoms with van der Waals surface area (Å²) in [5, 5.41) is 4.33. The van der Waals surface area contributed by atoms with Crippen LogP contribution >= 0.6 is 0 Å². The third-order valence-corrected chi connectivity index (χ3v) is 1.61. The highest BCUT2D eigenvalue weighted by Crippen LogP contribution is 2.12. The summed E-state index contributed by atoms with van der Waals surface area (Å²) in [6, 6.07) is 0. The highest BCUT2D eigenvalue weighted by Gasteiger charge is 2.15. The topological polar surface area (TPSA) is 57.1 Å². The van der Waals surface area contributed by atoms with Gasteiger partial charge in [0, 0.05) is 6.42 Å². The molecule has 0 N–H and O–H groups in total. The molecule has 0 aromatic rings. The first-order valence-corrected chi connectivity index (χ1v) is 3.92. The molecule has 1 saturated heterocycles. The molecule has 0 bridgehead atoms. The van der Waals surface area contributed by atoms with E-state index in [1.807, 2.05) is 0 Å². The van der Waals surface area contributed by atoms with Crippen molar-refractivity contribution in [3.63, 3.8) is 0 Å². The number of carbonyl (C=O) groups excluding carboxylic acids is 1. The summed E-state index contributed by atoms with van der Waals surface area (Å²) >= 11 is 0. The number of isocyanates is 1. The number of rotatable bonds is 4. The van der Waals surface area contributed by atoms with Crippen LogP contribution in [0.4, 0.5) is 0 Å². The van der Waals surface area contributed by atoms with Crippen molar-refractivity contribution in [2.24, 2.45) is 4.99 Å². The predicted octanol–water partition coefficient (Wildman–Crippen LogP) is 0.754. The fourth-order valence-corrected chi connectivity index (χ4v) is 0.981. The second kappa shape index (κ2) is 5.85. The Hall–Kier alpha value is -0.740. The largest absolute Gasteiger partial charge is 0.234 e. The summed E-state index contributed by atoms with van der Waals surface area (Å²) in [5.41, 5.74) is 0. The van der Waals surface area contributed by atoms with E-state index in [1.54, 1.807) is 0 Å². The van der Waals surface area contributed by atoms with Gasteiger partial charge in [0.05, 0.1) is 19.3 Å². The van der Waals surface area contributed by atoms with Crippen molar-refractivity contribution < 1.29 is 19.6 Å². The maximum atomic E-state index is 9.69. The Labute approximate surface area is 70.2 Å². The molecule has 0 saturated carbocycles. The fraction of sp³-hybridized carbons (Fsp3) is 0.857. The van der Waals surface area contributed by atoms with E-state index < -0.39 is 0 Å². The van der Waals surface area contributed by atoms with Gasteiger partial charge in [-0.25, -0.2) is 19.6 Å². The van der Waals surface area contributed by atoms with Crippen molar-refractivity contribution >= 4 is 6.08 Å². The summed E-state index contributed by atoms with van der Waals surface area (Å²) in [5.74, 6) is 0. The van der Waals surface area contributed by atoms with Crippen LogP contribution in [0.15, 0.2) is 4.99 Å². The Morgan fingerprint density at radius 2 is 2.50 bits per heavy atom. The van der Waals surface area contributed by atoms with Gasteiger partial charge < -0.3 is 0 Å². The molecule has 0 aromatic heterocycles. The quantitative estimate of drug-likeness (QED) is 0.272. The Kier molecular flexibility index (Phi) is 4.56. The first kappa shape index (κ1) is 9.35. The molecule has 1 heterocycles. The normalized spacial score (nSPS) is 23.2. The summed E-state index contributed by atoms with van der Waals surface area (Å²) in [6.07, 6.45) is 4.01. The standard InChI is InChI=1S/C7H11NO4/c9-6-8-4-1-2-7-3-5-10-12-11-7/h7H,1-5H2. The van der Waals surface area contributed by atoms with Crippen LogP contribution in [-0.4, -0.2) is 25.3 Å². The van der Waals surface area contributed by atoms with Crippen LogP contribution < -0.4 is 0 Å². The third kappa shape index (κ3) is 3.59. The highest BCUT2D eigenvalue weighted by atomic mass is 17.5. The van der Waals surface area contributed by atoms with E-state index >= 15 is 0 Å². The van der Waals surface area contributed by atoms with Crippen molar-refractivity contribution in [2.75, 3.05) is 13.2 Å². The smallest absolute Gasteiger partial charge is 0.211 e. The highest BCUT2D eigenvalue weighted by molar-refractivity contribution is 5.32.